The highest BCUT2D eigenvalue weighted by atomic mass is 19.1. The van der Waals surface area contributed by atoms with Crippen LogP contribution >= 0.6 is 0 Å². The Hall–Kier alpha value is -2.36. The average molecular weight is 288 g/mol. The molecule has 0 saturated heterocycles. The molecule has 110 valence electrons. The summed E-state index contributed by atoms with van der Waals surface area (Å²) in [5.41, 5.74) is 0.910. The van der Waals surface area contributed by atoms with Gasteiger partial charge >= 0.3 is 5.97 Å². The summed E-state index contributed by atoms with van der Waals surface area (Å²) in [6.07, 6.45) is 3.12. The van der Waals surface area contributed by atoms with Crippen molar-refractivity contribution in [2.45, 2.75) is 6.92 Å². The number of fused-ring (bicyclic) bond motifs is 1. The highest BCUT2D eigenvalue weighted by Crippen LogP contribution is 2.22. The lowest BCUT2D eigenvalue weighted by atomic mass is 10.1. The van der Waals surface area contributed by atoms with Crippen LogP contribution in [0.15, 0.2) is 42.5 Å². The molecule has 0 fully saturated rings. The number of carbonyl (C=O) groups is 1. The lowest BCUT2D eigenvalue weighted by molar-refractivity contribution is -0.137. The molecule has 0 unspecified atom stereocenters. The van der Waals surface area contributed by atoms with Crippen LogP contribution in [-0.4, -0.2) is 25.9 Å². The minimum absolute atomic E-state index is 0.0614. The average Bonchev–Trinajstić information content (AvgIpc) is 2.51. The fraction of sp³-hybridized carbons (Fsp3) is 0.235. The van der Waals surface area contributed by atoms with Gasteiger partial charge < -0.3 is 9.47 Å². The summed E-state index contributed by atoms with van der Waals surface area (Å²) in [5.74, 6) is 0.294. The van der Waals surface area contributed by atoms with Gasteiger partial charge in [-0.25, -0.2) is 9.18 Å². The third-order valence-corrected chi connectivity index (χ3v) is 2.88. The van der Waals surface area contributed by atoms with Crippen molar-refractivity contribution in [3.8, 4) is 5.75 Å². The van der Waals surface area contributed by atoms with Gasteiger partial charge in [0.25, 0.3) is 0 Å². The van der Waals surface area contributed by atoms with E-state index in [1.54, 1.807) is 19.1 Å². The number of alkyl halides is 1. The van der Waals surface area contributed by atoms with Crippen LogP contribution in [0, 0.1) is 0 Å². The van der Waals surface area contributed by atoms with Crippen LogP contribution in [0.5, 0.6) is 5.75 Å². The van der Waals surface area contributed by atoms with E-state index in [2.05, 4.69) is 0 Å². The van der Waals surface area contributed by atoms with E-state index < -0.39 is 6.67 Å². The van der Waals surface area contributed by atoms with E-state index in [-0.39, 0.29) is 12.6 Å². The van der Waals surface area contributed by atoms with E-state index in [1.807, 2.05) is 30.3 Å². The molecular weight excluding hydrogens is 271 g/mol. The maximum Gasteiger partial charge on any atom is 0.330 e. The Balaban J connectivity index is 2.16. The van der Waals surface area contributed by atoms with Gasteiger partial charge in [0, 0.05) is 6.08 Å². The number of esters is 1. The first-order valence-corrected chi connectivity index (χ1v) is 6.80. The lowest BCUT2D eigenvalue weighted by Gasteiger charge is -2.06. The molecule has 0 aromatic heterocycles. The van der Waals surface area contributed by atoms with Gasteiger partial charge in [0.2, 0.25) is 0 Å². The van der Waals surface area contributed by atoms with E-state index in [0.717, 1.165) is 16.3 Å². The Kier molecular flexibility index (Phi) is 5.32. The monoisotopic (exact) mass is 288 g/mol. The summed E-state index contributed by atoms with van der Waals surface area (Å²) >= 11 is 0. The maximum atomic E-state index is 12.1. The van der Waals surface area contributed by atoms with Gasteiger partial charge in [0.1, 0.15) is 19.0 Å². The summed E-state index contributed by atoms with van der Waals surface area (Å²) < 4.78 is 22.2. The molecular formula is C17H17FO3. The van der Waals surface area contributed by atoms with Crippen LogP contribution in [0.3, 0.4) is 0 Å². The first kappa shape index (κ1) is 15.0. The van der Waals surface area contributed by atoms with Gasteiger partial charge in [-0.1, -0.05) is 18.2 Å². The van der Waals surface area contributed by atoms with Gasteiger partial charge in [-0.15, -0.1) is 0 Å². The Morgan fingerprint density at radius 2 is 1.95 bits per heavy atom. The molecule has 2 aromatic carbocycles. The standard InChI is InChI=1S/C17H17FO3/c1-2-20-17(19)8-4-13-3-5-15-12-16(21-10-9-18)7-6-14(15)11-13/h3-8,11-12H,2,9-10H2,1H3/b8-4+. The Labute approximate surface area is 123 Å². The second-order valence-electron chi connectivity index (χ2n) is 4.39. The van der Waals surface area contributed by atoms with Crippen molar-refractivity contribution in [2.24, 2.45) is 0 Å². The molecule has 0 aliphatic rings. The van der Waals surface area contributed by atoms with Crippen molar-refractivity contribution in [3.63, 3.8) is 0 Å². The molecule has 0 atom stereocenters. The van der Waals surface area contributed by atoms with Crippen molar-refractivity contribution >= 4 is 22.8 Å². The first-order valence-electron chi connectivity index (χ1n) is 6.80. The number of rotatable bonds is 6. The summed E-state index contributed by atoms with van der Waals surface area (Å²) in [6, 6.07) is 11.4. The van der Waals surface area contributed by atoms with Crippen LogP contribution < -0.4 is 4.74 Å². The van der Waals surface area contributed by atoms with Crippen molar-refractivity contribution in [1.82, 2.24) is 0 Å². The molecule has 0 aliphatic carbocycles. The molecule has 2 aromatic rings. The van der Waals surface area contributed by atoms with Crippen molar-refractivity contribution in [3.05, 3.63) is 48.0 Å². The fourth-order valence-corrected chi connectivity index (χ4v) is 1.95. The minimum atomic E-state index is -0.504. The second kappa shape index (κ2) is 7.43. The normalized spacial score (nSPS) is 11.0. The second-order valence-corrected chi connectivity index (χ2v) is 4.39. The van der Waals surface area contributed by atoms with Crippen molar-refractivity contribution < 1.29 is 18.7 Å². The maximum absolute atomic E-state index is 12.1. The van der Waals surface area contributed by atoms with E-state index >= 15 is 0 Å². The van der Waals surface area contributed by atoms with Gasteiger partial charge in [-0.2, -0.15) is 0 Å². The molecule has 0 radical (unpaired) electrons. The predicted octanol–water partition coefficient (Wildman–Crippen LogP) is 3.76. The fourth-order valence-electron chi connectivity index (χ4n) is 1.95. The Morgan fingerprint density at radius 1 is 1.19 bits per heavy atom. The van der Waals surface area contributed by atoms with Crippen LogP contribution in [0.4, 0.5) is 4.39 Å². The molecule has 0 N–H and O–H groups in total. The molecule has 0 amide bonds. The number of hydrogen-bond acceptors (Lipinski definition) is 3. The summed E-state index contributed by atoms with van der Waals surface area (Å²) in [6.45, 7) is 1.69. The topological polar surface area (TPSA) is 35.5 Å². The zero-order chi connectivity index (χ0) is 15.1. The number of benzene rings is 2. The SMILES string of the molecule is CCOC(=O)/C=C/c1ccc2cc(OCCF)ccc2c1. The highest BCUT2D eigenvalue weighted by molar-refractivity contribution is 5.90. The highest BCUT2D eigenvalue weighted by Gasteiger charge is 1.99. The minimum Gasteiger partial charge on any atom is -0.491 e. The van der Waals surface area contributed by atoms with E-state index in [9.17, 15) is 9.18 Å². The van der Waals surface area contributed by atoms with E-state index in [1.165, 1.54) is 6.08 Å². The van der Waals surface area contributed by atoms with E-state index in [4.69, 9.17) is 9.47 Å². The zero-order valence-electron chi connectivity index (χ0n) is 11.8. The number of carbonyl (C=O) groups excluding carboxylic acids is 1. The third-order valence-electron chi connectivity index (χ3n) is 2.88. The number of halogens is 1. The summed E-state index contributed by atoms with van der Waals surface area (Å²) in [7, 11) is 0. The van der Waals surface area contributed by atoms with Crippen LogP contribution in [-0.2, 0) is 9.53 Å². The molecule has 4 heteroatoms. The summed E-state index contributed by atoms with van der Waals surface area (Å²) in [5, 5.41) is 2.02. The number of hydrogen-bond donors (Lipinski definition) is 0. The predicted molar refractivity (Wildman–Crippen MR) is 81.1 cm³/mol. The van der Waals surface area contributed by atoms with Crippen LogP contribution in [0.2, 0.25) is 0 Å². The van der Waals surface area contributed by atoms with Crippen LogP contribution in [0.25, 0.3) is 16.8 Å². The molecule has 0 aliphatic heterocycles. The molecule has 2 rings (SSSR count). The number of ether oxygens (including phenoxy) is 2. The third kappa shape index (κ3) is 4.31. The van der Waals surface area contributed by atoms with Gasteiger partial charge in [0.05, 0.1) is 6.61 Å². The Morgan fingerprint density at radius 3 is 2.71 bits per heavy atom. The zero-order valence-corrected chi connectivity index (χ0v) is 11.8. The van der Waals surface area contributed by atoms with Gasteiger partial charge in [-0.3, -0.25) is 0 Å². The van der Waals surface area contributed by atoms with Crippen molar-refractivity contribution in [2.75, 3.05) is 19.9 Å². The van der Waals surface area contributed by atoms with Gasteiger partial charge in [0.15, 0.2) is 0 Å². The largest absolute Gasteiger partial charge is 0.491 e. The molecule has 0 saturated carbocycles. The van der Waals surface area contributed by atoms with Crippen molar-refractivity contribution in [1.29, 1.82) is 0 Å². The summed E-state index contributed by atoms with van der Waals surface area (Å²) in [4.78, 5) is 11.3. The van der Waals surface area contributed by atoms with Crippen LogP contribution in [0.1, 0.15) is 12.5 Å². The molecule has 0 bridgehead atoms. The quantitative estimate of drug-likeness (QED) is 0.599. The smallest absolute Gasteiger partial charge is 0.330 e. The van der Waals surface area contributed by atoms with E-state index in [0.29, 0.717) is 12.4 Å². The Bertz CT molecular complexity index is 650. The molecule has 0 heterocycles. The molecule has 0 spiro atoms. The molecule has 21 heavy (non-hydrogen) atoms. The lowest BCUT2D eigenvalue weighted by Crippen LogP contribution is -1.98. The first-order chi connectivity index (χ1) is 10.2. The van der Waals surface area contributed by atoms with Gasteiger partial charge in [-0.05, 0) is 47.5 Å². The molecule has 3 nitrogen and oxygen atoms in total.